The standard InChI is InChI=1S/C19H28N4O6/c1-18(28)12-19(29-11-13(18)23-8-5-14(20)21-17(23)27)6-9-22(10-7-19)15(24)3-2-4-16(25)26/h5,8,13,28H,2-4,6-7,9-12H2,1H3,(H,25,26)(H2,20,21,27)/t13-,18-/m0/s1. The number of amides is 1. The van der Waals surface area contributed by atoms with Crippen LogP contribution in [-0.2, 0) is 14.3 Å². The maximum absolute atomic E-state index is 12.3. The fraction of sp³-hybridized carbons (Fsp3) is 0.684. The van der Waals surface area contributed by atoms with Crippen molar-refractivity contribution in [3.8, 4) is 0 Å². The number of nitrogens with zero attached hydrogens (tertiary/aromatic N) is 3. The van der Waals surface area contributed by atoms with E-state index in [1.165, 1.54) is 16.8 Å². The van der Waals surface area contributed by atoms with Crippen LogP contribution in [0.25, 0.3) is 0 Å². The van der Waals surface area contributed by atoms with E-state index in [1.807, 2.05) is 0 Å². The average molecular weight is 408 g/mol. The van der Waals surface area contributed by atoms with Crippen LogP contribution in [0.4, 0.5) is 5.82 Å². The van der Waals surface area contributed by atoms with Gasteiger partial charge in [0.15, 0.2) is 0 Å². The summed E-state index contributed by atoms with van der Waals surface area (Å²) in [5, 5.41) is 19.8. The van der Waals surface area contributed by atoms with Crippen molar-refractivity contribution >= 4 is 17.7 Å². The topological polar surface area (TPSA) is 148 Å². The van der Waals surface area contributed by atoms with Crippen molar-refractivity contribution in [2.24, 2.45) is 0 Å². The highest BCUT2D eigenvalue weighted by Crippen LogP contribution is 2.43. The van der Waals surface area contributed by atoms with E-state index in [1.54, 1.807) is 11.8 Å². The number of likely N-dealkylation sites (tertiary alicyclic amines) is 1. The second-order valence-electron chi connectivity index (χ2n) is 8.21. The fourth-order valence-electron chi connectivity index (χ4n) is 4.33. The molecule has 0 unspecified atom stereocenters. The van der Waals surface area contributed by atoms with Gasteiger partial charge in [0.2, 0.25) is 5.91 Å². The zero-order valence-corrected chi connectivity index (χ0v) is 16.5. The molecule has 10 nitrogen and oxygen atoms in total. The number of ether oxygens (including phenoxy) is 1. The smallest absolute Gasteiger partial charge is 0.349 e. The first-order chi connectivity index (χ1) is 13.6. The number of carboxylic acids is 1. The van der Waals surface area contributed by atoms with Crippen molar-refractivity contribution in [1.29, 1.82) is 0 Å². The molecule has 3 rings (SSSR count). The summed E-state index contributed by atoms with van der Waals surface area (Å²) in [4.78, 5) is 40.5. The number of piperidine rings is 1. The number of nitrogen functional groups attached to an aromatic ring is 1. The van der Waals surface area contributed by atoms with Crippen LogP contribution in [0, 0.1) is 0 Å². The van der Waals surface area contributed by atoms with Gasteiger partial charge in [-0.05, 0) is 32.3 Å². The molecule has 0 radical (unpaired) electrons. The summed E-state index contributed by atoms with van der Waals surface area (Å²) in [6.45, 7) is 2.84. The molecule has 1 aromatic heterocycles. The Morgan fingerprint density at radius 2 is 2.03 bits per heavy atom. The number of aliphatic carboxylic acids is 1. The van der Waals surface area contributed by atoms with Gasteiger partial charge in [-0.3, -0.25) is 14.2 Å². The number of carbonyl (C=O) groups is 2. The minimum absolute atomic E-state index is 0.0176. The van der Waals surface area contributed by atoms with E-state index in [9.17, 15) is 19.5 Å². The lowest BCUT2D eigenvalue weighted by molar-refractivity contribution is -0.198. The predicted octanol–water partition coefficient (Wildman–Crippen LogP) is 0.154. The lowest BCUT2D eigenvalue weighted by Crippen LogP contribution is -2.59. The molecule has 1 aromatic rings. The lowest BCUT2D eigenvalue weighted by Gasteiger charge is -2.51. The molecule has 1 spiro atoms. The minimum atomic E-state index is -1.19. The summed E-state index contributed by atoms with van der Waals surface area (Å²) in [6, 6.07) is 0.931. The Balaban J connectivity index is 1.61. The number of anilines is 1. The molecule has 2 fully saturated rings. The maximum Gasteiger partial charge on any atom is 0.349 e. The van der Waals surface area contributed by atoms with Crippen molar-refractivity contribution in [2.45, 2.75) is 62.7 Å². The number of rotatable bonds is 5. The van der Waals surface area contributed by atoms with E-state index in [-0.39, 0.29) is 31.2 Å². The summed E-state index contributed by atoms with van der Waals surface area (Å²) < 4.78 is 7.49. The highest BCUT2D eigenvalue weighted by Gasteiger charge is 2.50. The zero-order valence-electron chi connectivity index (χ0n) is 16.5. The van der Waals surface area contributed by atoms with Gasteiger partial charge in [0.1, 0.15) is 5.82 Å². The first kappa shape index (κ1) is 21.3. The maximum atomic E-state index is 12.3. The Labute approximate surface area is 168 Å². The molecule has 0 saturated carbocycles. The first-order valence-corrected chi connectivity index (χ1v) is 9.82. The number of aliphatic hydroxyl groups is 1. The van der Waals surface area contributed by atoms with Crippen LogP contribution in [0.2, 0.25) is 0 Å². The lowest BCUT2D eigenvalue weighted by atomic mass is 9.75. The molecule has 2 aliphatic heterocycles. The van der Waals surface area contributed by atoms with E-state index in [0.29, 0.717) is 38.8 Å². The molecule has 4 N–H and O–H groups in total. The Hall–Kier alpha value is -2.46. The molecular weight excluding hydrogens is 380 g/mol. The second kappa shape index (κ2) is 8.11. The van der Waals surface area contributed by atoms with E-state index >= 15 is 0 Å². The molecule has 1 amide bonds. The number of hydrogen-bond acceptors (Lipinski definition) is 7. The quantitative estimate of drug-likeness (QED) is 0.624. The largest absolute Gasteiger partial charge is 0.481 e. The monoisotopic (exact) mass is 408 g/mol. The van der Waals surface area contributed by atoms with E-state index in [2.05, 4.69) is 4.98 Å². The second-order valence-corrected chi connectivity index (χ2v) is 8.21. The van der Waals surface area contributed by atoms with Gasteiger partial charge in [-0.15, -0.1) is 0 Å². The SMILES string of the molecule is C[C@]1(O)CC2(CCN(C(=O)CCCC(=O)O)CC2)OC[C@@H]1n1ccc(N)nc1=O. The molecule has 3 heterocycles. The van der Waals surface area contributed by atoms with Crippen LogP contribution in [0.1, 0.15) is 51.5 Å². The van der Waals surface area contributed by atoms with E-state index in [0.717, 1.165) is 0 Å². The Kier molecular flexibility index (Phi) is 5.95. The van der Waals surface area contributed by atoms with Gasteiger partial charge in [0, 0.05) is 38.5 Å². The number of carbonyl (C=O) groups excluding carboxylic acids is 1. The normalized spacial score (nSPS) is 26.4. The molecule has 2 aliphatic rings. The van der Waals surface area contributed by atoms with Gasteiger partial charge in [0.25, 0.3) is 0 Å². The van der Waals surface area contributed by atoms with Crippen LogP contribution in [-0.4, -0.2) is 67.4 Å². The number of aromatic nitrogens is 2. The molecule has 0 bridgehead atoms. The van der Waals surface area contributed by atoms with Crippen molar-refractivity contribution in [2.75, 3.05) is 25.4 Å². The minimum Gasteiger partial charge on any atom is -0.481 e. The Bertz CT molecular complexity index is 828. The van der Waals surface area contributed by atoms with Gasteiger partial charge in [-0.25, -0.2) is 4.79 Å². The highest BCUT2D eigenvalue weighted by molar-refractivity contribution is 5.77. The molecule has 2 atom stereocenters. The number of hydrogen-bond donors (Lipinski definition) is 3. The third-order valence-electron chi connectivity index (χ3n) is 5.94. The van der Waals surface area contributed by atoms with Gasteiger partial charge in [-0.1, -0.05) is 0 Å². The average Bonchev–Trinajstić information content (AvgIpc) is 2.62. The van der Waals surface area contributed by atoms with Crippen LogP contribution >= 0.6 is 0 Å². The van der Waals surface area contributed by atoms with Crippen molar-refractivity contribution < 1.29 is 24.5 Å². The van der Waals surface area contributed by atoms with Crippen LogP contribution in [0.15, 0.2) is 17.1 Å². The van der Waals surface area contributed by atoms with Gasteiger partial charge >= 0.3 is 11.7 Å². The summed E-state index contributed by atoms with van der Waals surface area (Å²) in [5.74, 6) is -0.835. The number of carboxylic acid groups (broad SMARTS) is 1. The Morgan fingerprint density at radius 3 is 2.62 bits per heavy atom. The van der Waals surface area contributed by atoms with Crippen LogP contribution < -0.4 is 11.4 Å². The van der Waals surface area contributed by atoms with Crippen molar-refractivity contribution in [3.63, 3.8) is 0 Å². The van der Waals surface area contributed by atoms with Gasteiger partial charge in [0.05, 0.1) is 23.9 Å². The van der Waals surface area contributed by atoms with Gasteiger partial charge in [-0.2, -0.15) is 4.98 Å². The zero-order chi connectivity index (χ0) is 21.2. The summed E-state index contributed by atoms with van der Waals surface area (Å²) in [5.41, 5.74) is 3.27. The summed E-state index contributed by atoms with van der Waals surface area (Å²) in [7, 11) is 0. The van der Waals surface area contributed by atoms with Crippen molar-refractivity contribution in [3.05, 3.63) is 22.7 Å². The third kappa shape index (κ3) is 4.76. The molecule has 10 heteroatoms. The van der Waals surface area contributed by atoms with E-state index < -0.39 is 28.9 Å². The molecule has 0 aromatic carbocycles. The molecule has 160 valence electrons. The summed E-state index contributed by atoms with van der Waals surface area (Å²) >= 11 is 0. The number of nitrogens with two attached hydrogens (primary N) is 1. The summed E-state index contributed by atoms with van der Waals surface area (Å²) in [6.07, 6.45) is 3.53. The third-order valence-corrected chi connectivity index (χ3v) is 5.94. The van der Waals surface area contributed by atoms with Crippen LogP contribution in [0.5, 0.6) is 0 Å². The Morgan fingerprint density at radius 1 is 1.34 bits per heavy atom. The predicted molar refractivity (Wildman–Crippen MR) is 103 cm³/mol. The highest BCUT2D eigenvalue weighted by atomic mass is 16.5. The molecule has 29 heavy (non-hydrogen) atoms. The van der Waals surface area contributed by atoms with E-state index in [4.69, 9.17) is 15.6 Å². The van der Waals surface area contributed by atoms with Gasteiger partial charge < -0.3 is 25.6 Å². The molecule has 2 saturated heterocycles. The van der Waals surface area contributed by atoms with Crippen LogP contribution in [0.3, 0.4) is 0 Å². The molecular formula is C19H28N4O6. The fourth-order valence-corrected chi connectivity index (χ4v) is 4.33. The first-order valence-electron chi connectivity index (χ1n) is 9.82. The van der Waals surface area contributed by atoms with Crippen molar-refractivity contribution in [1.82, 2.24) is 14.5 Å². The molecule has 0 aliphatic carbocycles.